The Hall–Kier alpha value is -1.65. The Labute approximate surface area is 188 Å². The number of nitrogens with zero attached hydrogens (tertiary/aromatic N) is 2. The Bertz CT molecular complexity index is 889. The summed E-state index contributed by atoms with van der Waals surface area (Å²) in [6.07, 6.45) is -2.09. The van der Waals surface area contributed by atoms with Crippen LogP contribution in [0.4, 0.5) is 13.2 Å². The van der Waals surface area contributed by atoms with Gasteiger partial charge in [-0.25, -0.2) is 8.42 Å². The van der Waals surface area contributed by atoms with Gasteiger partial charge in [-0.15, -0.1) is 0 Å². The Morgan fingerprint density at radius 1 is 1.09 bits per heavy atom. The zero-order valence-corrected chi connectivity index (χ0v) is 19.4. The van der Waals surface area contributed by atoms with Crippen molar-refractivity contribution in [2.45, 2.75) is 56.6 Å². The Balaban J connectivity index is 1.52. The molecular weight excluding hydrogens is 443 g/mol. The fraction of sp³-hybridized carbons (Fsp3) is 0.682. The lowest BCUT2D eigenvalue weighted by atomic mass is 9.95. The SMILES string of the molecule is CC(C)CN1CCC(NC(=O)C2CCN(S(=O)(=O)c3cccc(C(F)(F)F)c3)CC2)CC1. The van der Waals surface area contributed by atoms with Gasteiger partial charge in [-0.05, 0) is 49.8 Å². The van der Waals surface area contributed by atoms with Crippen molar-refractivity contribution >= 4 is 15.9 Å². The number of halogens is 3. The standard InChI is InChI=1S/C22H32F3N3O3S/c1-16(2)15-27-10-8-19(9-11-27)26-21(29)17-6-12-28(13-7-17)32(30,31)20-5-3-4-18(14-20)22(23,24)25/h3-5,14,16-17,19H,6-13,15H2,1-2H3,(H,26,29). The highest BCUT2D eigenvalue weighted by atomic mass is 32.2. The summed E-state index contributed by atoms with van der Waals surface area (Å²) in [6.45, 7) is 7.57. The third kappa shape index (κ3) is 6.23. The highest BCUT2D eigenvalue weighted by Gasteiger charge is 2.35. The minimum atomic E-state index is -4.61. The second kappa shape index (κ2) is 10.1. The fourth-order valence-electron chi connectivity index (χ4n) is 4.44. The van der Waals surface area contributed by atoms with Crippen molar-refractivity contribution in [1.29, 1.82) is 0 Å². The molecule has 0 atom stereocenters. The molecule has 2 aliphatic heterocycles. The van der Waals surface area contributed by atoms with Crippen LogP contribution >= 0.6 is 0 Å². The van der Waals surface area contributed by atoms with Crippen LogP contribution in [0.25, 0.3) is 0 Å². The number of sulfonamides is 1. The van der Waals surface area contributed by atoms with Crippen molar-refractivity contribution in [2.24, 2.45) is 11.8 Å². The van der Waals surface area contributed by atoms with Crippen LogP contribution in [0.15, 0.2) is 29.2 Å². The van der Waals surface area contributed by atoms with Crippen molar-refractivity contribution in [3.63, 3.8) is 0 Å². The number of alkyl halides is 3. The van der Waals surface area contributed by atoms with Crippen LogP contribution in [-0.2, 0) is 21.0 Å². The third-order valence-corrected chi connectivity index (χ3v) is 8.08. The third-order valence-electron chi connectivity index (χ3n) is 6.18. The van der Waals surface area contributed by atoms with Crippen molar-refractivity contribution in [3.8, 4) is 0 Å². The van der Waals surface area contributed by atoms with Gasteiger partial charge < -0.3 is 10.2 Å². The molecule has 0 spiro atoms. The van der Waals surface area contributed by atoms with Crippen molar-refractivity contribution in [3.05, 3.63) is 29.8 Å². The molecule has 0 unspecified atom stereocenters. The maximum Gasteiger partial charge on any atom is 0.416 e. The van der Waals surface area contributed by atoms with E-state index in [1.165, 1.54) is 10.4 Å². The summed E-state index contributed by atoms with van der Waals surface area (Å²) in [5.74, 6) is 0.277. The van der Waals surface area contributed by atoms with E-state index < -0.39 is 21.8 Å². The summed E-state index contributed by atoms with van der Waals surface area (Å²) in [7, 11) is -4.04. The summed E-state index contributed by atoms with van der Waals surface area (Å²) < 4.78 is 65.7. The minimum Gasteiger partial charge on any atom is -0.353 e. The van der Waals surface area contributed by atoms with E-state index >= 15 is 0 Å². The largest absolute Gasteiger partial charge is 0.416 e. The van der Waals surface area contributed by atoms with Crippen molar-refractivity contribution in [1.82, 2.24) is 14.5 Å². The van der Waals surface area contributed by atoms with Gasteiger partial charge in [-0.3, -0.25) is 4.79 Å². The van der Waals surface area contributed by atoms with Gasteiger partial charge in [0.2, 0.25) is 15.9 Å². The van der Waals surface area contributed by atoms with E-state index in [-0.39, 0.29) is 35.9 Å². The monoisotopic (exact) mass is 475 g/mol. The number of amides is 1. The summed E-state index contributed by atoms with van der Waals surface area (Å²) >= 11 is 0. The van der Waals surface area contributed by atoms with E-state index in [2.05, 4.69) is 24.1 Å². The zero-order valence-electron chi connectivity index (χ0n) is 18.6. The van der Waals surface area contributed by atoms with E-state index in [4.69, 9.17) is 0 Å². The van der Waals surface area contributed by atoms with Crippen LogP contribution < -0.4 is 5.32 Å². The van der Waals surface area contributed by atoms with Gasteiger partial charge in [0, 0.05) is 44.7 Å². The van der Waals surface area contributed by atoms with E-state index in [0.717, 1.165) is 44.6 Å². The highest BCUT2D eigenvalue weighted by Crippen LogP contribution is 2.32. The molecule has 180 valence electrons. The van der Waals surface area contributed by atoms with Crippen LogP contribution in [-0.4, -0.2) is 62.3 Å². The molecule has 1 N–H and O–H groups in total. The van der Waals surface area contributed by atoms with Gasteiger partial charge in [0.05, 0.1) is 10.5 Å². The quantitative estimate of drug-likeness (QED) is 0.685. The number of piperidine rings is 2. The number of carbonyl (C=O) groups excluding carboxylic acids is 1. The number of hydrogen-bond donors (Lipinski definition) is 1. The molecule has 0 aliphatic carbocycles. The van der Waals surface area contributed by atoms with E-state index in [1.54, 1.807) is 0 Å². The first kappa shape index (κ1) is 25.0. The lowest BCUT2D eigenvalue weighted by Crippen LogP contribution is -2.49. The number of likely N-dealkylation sites (tertiary alicyclic amines) is 1. The molecule has 0 saturated carbocycles. The summed E-state index contributed by atoms with van der Waals surface area (Å²) in [6, 6.07) is 3.93. The normalized spacial score (nSPS) is 20.6. The average Bonchev–Trinajstić information content (AvgIpc) is 2.74. The lowest BCUT2D eigenvalue weighted by molar-refractivity contribution is -0.137. The molecule has 0 bridgehead atoms. The lowest BCUT2D eigenvalue weighted by Gasteiger charge is -2.35. The molecule has 6 nitrogen and oxygen atoms in total. The molecule has 1 amide bonds. The van der Waals surface area contributed by atoms with Gasteiger partial charge in [-0.2, -0.15) is 17.5 Å². The van der Waals surface area contributed by atoms with Crippen LogP contribution in [0.3, 0.4) is 0 Å². The number of hydrogen-bond acceptors (Lipinski definition) is 4. The fourth-order valence-corrected chi connectivity index (χ4v) is 5.95. The van der Waals surface area contributed by atoms with Gasteiger partial charge >= 0.3 is 6.18 Å². The van der Waals surface area contributed by atoms with Gasteiger partial charge in [0.1, 0.15) is 0 Å². The molecule has 0 radical (unpaired) electrons. The molecule has 2 aliphatic rings. The molecule has 2 fully saturated rings. The van der Waals surface area contributed by atoms with E-state index in [1.807, 2.05) is 0 Å². The predicted octanol–water partition coefficient (Wildman–Crippen LogP) is 3.34. The molecule has 2 heterocycles. The van der Waals surface area contributed by atoms with Crippen LogP contribution in [0, 0.1) is 11.8 Å². The van der Waals surface area contributed by atoms with Crippen LogP contribution in [0.5, 0.6) is 0 Å². The molecular formula is C22H32F3N3O3S. The second-order valence-corrected chi connectivity index (χ2v) is 11.1. The smallest absolute Gasteiger partial charge is 0.353 e. The van der Waals surface area contributed by atoms with Crippen molar-refractivity contribution in [2.75, 3.05) is 32.7 Å². The maximum atomic E-state index is 13.0. The first-order chi connectivity index (χ1) is 15.0. The number of carbonyl (C=O) groups is 1. The first-order valence-electron chi connectivity index (χ1n) is 11.2. The molecule has 1 aromatic carbocycles. The Morgan fingerprint density at radius 2 is 1.72 bits per heavy atom. The van der Waals surface area contributed by atoms with Crippen LogP contribution in [0.2, 0.25) is 0 Å². The summed E-state index contributed by atoms with van der Waals surface area (Å²) in [5.41, 5.74) is -0.993. The van der Waals surface area contributed by atoms with Crippen LogP contribution in [0.1, 0.15) is 45.1 Å². The first-order valence-corrected chi connectivity index (χ1v) is 12.6. The molecule has 0 aromatic heterocycles. The van der Waals surface area contributed by atoms with Gasteiger partial charge in [-0.1, -0.05) is 19.9 Å². The maximum absolute atomic E-state index is 13.0. The molecule has 2 saturated heterocycles. The summed E-state index contributed by atoms with van der Waals surface area (Å²) in [5, 5.41) is 3.11. The number of benzene rings is 1. The van der Waals surface area contributed by atoms with Gasteiger partial charge in [0.15, 0.2) is 0 Å². The minimum absolute atomic E-state index is 0.0524. The number of rotatable bonds is 6. The van der Waals surface area contributed by atoms with Crippen molar-refractivity contribution < 1.29 is 26.4 Å². The Kier molecular flexibility index (Phi) is 7.88. The predicted molar refractivity (Wildman–Crippen MR) is 115 cm³/mol. The van der Waals surface area contributed by atoms with E-state index in [0.29, 0.717) is 24.8 Å². The topological polar surface area (TPSA) is 69.7 Å². The second-order valence-electron chi connectivity index (χ2n) is 9.18. The zero-order chi connectivity index (χ0) is 23.5. The molecule has 3 rings (SSSR count). The molecule has 1 aromatic rings. The van der Waals surface area contributed by atoms with Gasteiger partial charge in [0.25, 0.3) is 0 Å². The number of nitrogens with one attached hydrogen (secondary N) is 1. The average molecular weight is 476 g/mol. The highest BCUT2D eigenvalue weighted by molar-refractivity contribution is 7.89. The molecule has 32 heavy (non-hydrogen) atoms. The molecule has 10 heteroatoms. The Morgan fingerprint density at radius 3 is 2.28 bits per heavy atom. The van der Waals surface area contributed by atoms with E-state index in [9.17, 15) is 26.4 Å². The summed E-state index contributed by atoms with van der Waals surface area (Å²) in [4.78, 5) is 14.7.